The van der Waals surface area contributed by atoms with E-state index in [1.54, 1.807) is 13.1 Å². The molecule has 1 aromatic carbocycles. The van der Waals surface area contributed by atoms with Crippen molar-refractivity contribution in [3.05, 3.63) is 46.4 Å². The van der Waals surface area contributed by atoms with E-state index in [9.17, 15) is 18.0 Å². The van der Waals surface area contributed by atoms with E-state index in [2.05, 4.69) is 4.99 Å². The van der Waals surface area contributed by atoms with Gasteiger partial charge in [-0.15, -0.1) is 0 Å². The third-order valence-corrected chi connectivity index (χ3v) is 4.93. The van der Waals surface area contributed by atoms with Gasteiger partial charge in [0.2, 0.25) is 0 Å². The first-order valence-electron chi connectivity index (χ1n) is 6.98. The minimum absolute atomic E-state index is 0.142. The molecule has 1 aliphatic heterocycles. The molecule has 0 bridgehead atoms. The Labute approximate surface area is 130 Å². The van der Waals surface area contributed by atoms with E-state index >= 15 is 0 Å². The van der Waals surface area contributed by atoms with Crippen LogP contribution in [0.2, 0.25) is 0 Å². The molecule has 0 amide bonds. The Kier molecular flexibility index (Phi) is 3.89. The van der Waals surface area contributed by atoms with Crippen molar-refractivity contribution >= 4 is 22.6 Å². The molecule has 6 heteroatoms. The van der Waals surface area contributed by atoms with Crippen LogP contribution in [0.5, 0.6) is 0 Å². The Bertz CT molecular complexity index is 674. The summed E-state index contributed by atoms with van der Waals surface area (Å²) in [5.74, 6) is -0.413. The number of hydrogen-bond acceptors (Lipinski definition) is 3. The number of carbonyl (C=O) groups excluding carboxylic acids is 1. The lowest BCUT2D eigenvalue weighted by atomic mass is 9.93. The number of rotatable bonds is 2. The summed E-state index contributed by atoms with van der Waals surface area (Å²) in [5, 5.41) is 0.566. The summed E-state index contributed by atoms with van der Waals surface area (Å²) in [4.78, 5) is 17.3. The normalized spacial score (nSPS) is 26.2. The predicted molar refractivity (Wildman–Crippen MR) is 80.9 cm³/mol. The van der Waals surface area contributed by atoms with Crippen LogP contribution in [0, 0.1) is 5.92 Å². The highest BCUT2D eigenvalue weighted by atomic mass is 32.2. The summed E-state index contributed by atoms with van der Waals surface area (Å²) in [6, 6.07) is 4.96. The fourth-order valence-electron chi connectivity index (χ4n) is 2.43. The van der Waals surface area contributed by atoms with Crippen LogP contribution in [-0.4, -0.2) is 17.9 Å². The summed E-state index contributed by atoms with van der Waals surface area (Å²) < 4.78 is 38.6. The molecule has 1 aromatic rings. The van der Waals surface area contributed by atoms with Crippen molar-refractivity contribution in [2.75, 3.05) is 7.05 Å². The van der Waals surface area contributed by atoms with Crippen LogP contribution in [-0.2, 0) is 11.0 Å². The van der Waals surface area contributed by atoms with Crippen LogP contribution in [0.3, 0.4) is 0 Å². The highest BCUT2D eigenvalue weighted by Gasteiger charge is 2.39. The summed E-state index contributed by atoms with van der Waals surface area (Å²) >= 11 is 1.28. The summed E-state index contributed by atoms with van der Waals surface area (Å²) in [6.07, 6.45) is -0.332. The zero-order valence-electron chi connectivity index (χ0n) is 11.9. The van der Waals surface area contributed by atoms with Gasteiger partial charge in [0.25, 0.3) is 0 Å². The molecule has 2 fully saturated rings. The quantitative estimate of drug-likeness (QED) is 0.753. The van der Waals surface area contributed by atoms with Crippen molar-refractivity contribution in [3.8, 4) is 0 Å². The molecule has 22 heavy (non-hydrogen) atoms. The van der Waals surface area contributed by atoms with E-state index in [1.807, 2.05) is 6.08 Å². The Balaban J connectivity index is 1.97. The number of aliphatic imine (C=N–C) groups is 1. The van der Waals surface area contributed by atoms with Crippen LogP contribution >= 0.6 is 11.8 Å². The molecule has 2 aliphatic rings. The molecule has 1 aliphatic carbocycles. The van der Waals surface area contributed by atoms with Crippen molar-refractivity contribution in [1.29, 1.82) is 0 Å². The van der Waals surface area contributed by atoms with E-state index in [0.717, 1.165) is 25.0 Å². The zero-order valence-corrected chi connectivity index (χ0v) is 12.7. The van der Waals surface area contributed by atoms with Crippen LogP contribution in [0.15, 0.2) is 40.2 Å². The van der Waals surface area contributed by atoms with Gasteiger partial charge in [0.05, 0.1) is 21.4 Å². The van der Waals surface area contributed by atoms with E-state index in [0.29, 0.717) is 21.4 Å². The van der Waals surface area contributed by atoms with Gasteiger partial charge in [-0.25, -0.2) is 0 Å². The van der Waals surface area contributed by atoms with Crippen molar-refractivity contribution in [3.63, 3.8) is 0 Å². The van der Waals surface area contributed by atoms with Gasteiger partial charge in [-0.05, 0) is 30.4 Å². The summed E-state index contributed by atoms with van der Waals surface area (Å²) in [6.45, 7) is 0. The third kappa shape index (κ3) is 2.97. The number of nitrogens with zero attached hydrogens (tertiary/aromatic N) is 1. The fraction of sp³-hybridized carbons (Fsp3) is 0.375. The average Bonchev–Trinajstić information content (AvgIpc) is 3.23. The number of benzene rings is 1. The zero-order chi connectivity index (χ0) is 15.9. The summed E-state index contributed by atoms with van der Waals surface area (Å²) in [7, 11) is 1.57. The van der Waals surface area contributed by atoms with E-state index in [-0.39, 0.29) is 5.78 Å². The van der Waals surface area contributed by atoms with Gasteiger partial charge in [-0.3, -0.25) is 9.79 Å². The van der Waals surface area contributed by atoms with Crippen LogP contribution in [0.1, 0.15) is 29.9 Å². The molecular formula is C16H14F3NOS. The fourth-order valence-corrected chi connectivity index (χ4v) is 3.59. The number of allylic oxidation sites excluding steroid dienone is 2. The number of Topliss-reactive ketones (excluding diaryl/α,β-unsaturated/α-hetero) is 1. The molecule has 1 saturated carbocycles. The van der Waals surface area contributed by atoms with Gasteiger partial charge in [0.1, 0.15) is 0 Å². The van der Waals surface area contributed by atoms with Gasteiger partial charge < -0.3 is 0 Å². The number of alkyl halides is 3. The average molecular weight is 325 g/mol. The number of carbonyl (C=O) groups is 1. The molecule has 0 N–H and O–H groups in total. The molecule has 1 saturated heterocycles. The molecule has 2 nitrogen and oxygen atoms in total. The van der Waals surface area contributed by atoms with Crippen molar-refractivity contribution < 1.29 is 18.0 Å². The van der Waals surface area contributed by atoms with Crippen LogP contribution in [0.4, 0.5) is 13.2 Å². The Hall–Kier alpha value is -1.56. The number of ketones is 1. The monoisotopic (exact) mass is 325 g/mol. The Morgan fingerprint density at radius 3 is 2.64 bits per heavy atom. The van der Waals surface area contributed by atoms with E-state index < -0.39 is 17.7 Å². The van der Waals surface area contributed by atoms with Gasteiger partial charge in [0.15, 0.2) is 5.78 Å². The Morgan fingerprint density at radius 2 is 2.05 bits per heavy atom. The third-order valence-electron chi connectivity index (χ3n) is 3.74. The highest BCUT2D eigenvalue weighted by Crippen LogP contribution is 2.44. The second-order valence-electron chi connectivity index (χ2n) is 5.45. The first-order chi connectivity index (χ1) is 10.4. The molecule has 116 valence electrons. The van der Waals surface area contributed by atoms with Crippen molar-refractivity contribution in [1.82, 2.24) is 0 Å². The summed E-state index contributed by atoms with van der Waals surface area (Å²) in [5.41, 5.74) is -0.384. The first-order valence-corrected chi connectivity index (χ1v) is 7.79. The molecule has 3 rings (SSSR count). The molecule has 0 aromatic heterocycles. The van der Waals surface area contributed by atoms with E-state index in [4.69, 9.17) is 0 Å². The van der Waals surface area contributed by atoms with Gasteiger partial charge in [-0.1, -0.05) is 36.0 Å². The first kappa shape index (κ1) is 15.3. The van der Waals surface area contributed by atoms with Gasteiger partial charge >= 0.3 is 6.18 Å². The largest absolute Gasteiger partial charge is 0.416 e. The maximum Gasteiger partial charge on any atom is 0.416 e. The molecular weight excluding hydrogens is 311 g/mol. The van der Waals surface area contributed by atoms with Crippen molar-refractivity contribution in [2.45, 2.75) is 24.9 Å². The molecule has 0 radical (unpaired) electrons. The number of halogens is 3. The molecule has 1 heterocycles. The lowest BCUT2D eigenvalue weighted by Crippen LogP contribution is -2.14. The molecule has 0 spiro atoms. The maximum atomic E-state index is 12.9. The Morgan fingerprint density at radius 1 is 1.32 bits per heavy atom. The number of thioether (sulfide) groups is 1. The minimum atomic E-state index is -4.42. The lowest BCUT2D eigenvalue weighted by Gasteiger charge is -2.12. The standard InChI is InChI=1S/C16H14F3NOS/c1-20-15-13(14(21)12(22-15)7-9-5-6-9)10-3-2-4-11(8-10)16(17,18)19/h2-4,7-9,13H,5-6H2,1H3. The minimum Gasteiger partial charge on any atom is -0.292 e. The second kappa shape index (κ2) is 5.57. The molecule has 1 unspecified atom stereocenters. The van der Waals surface area contributed by atoms with E-state index in [1.165, 1.54) is 17.8 Å². The smallest absolute Gasteiger partial charge is 0.292 e. The maximum absolute atomic E-state index is 12.9. The lowest BCUT2D eigenvalue weighted by molar-refractivity contribution is -0.137. The van der Waals surface area contributed by atoms with Gasteiger partial charge in [-0.2, -0.15) is 13.2 Å². The predicted octanol–water partition coefficient (Wildman–Crippen LogP) is 4.43. The van der Waals surface area contributed by atoms with Crippen molar-refractivity contribution in [2.24, 2.45) is 10.9 Å². The molecule has 1 atom stereocenters. The van der Waals surface area contributed by atoms with Crippen LogP contribution in [0.25, 0.3) is 0 Å². The highest BCUT2D eigenvalue weighted by molar-refractivity contribution is 8.19. The second-order valence-corrected chi connectivity index (χ2v) is 6.51. The number of hydrogen-bond donors (Lipinski definition) is 0. The van der Waals surface area contributed by atoms with Crippen LogP contribution < -0.4 is 0 Å². The SMILES string of the molecule is CN=C1SC(=CC2CC2)C(=O)C1c1cccc(C(F)(F)F)c1. The topological polar surface area (TPSA) is 29.4 Å². The van der Waals surface area contributed by atoms with Gasteiger partial charge in [0, 0.05) is 7.05 Å².